The minimum absolute atomic E-state index is 0.0272. The number of alkyl halides is 1. The van der Waals surface area contributed by atoms with Crippen molar-refractivity contribution in [1.29, 1.82) is 0 Å². The fourth-order valence-electron chi connectivity index (χ4n) is 9.66. The summed E-state index contributed by atoms with van der Waals surface area (Å²) in [6.45, 7) is 19.8. The van der Waals surface area contributed by atoms with Gasteiger partial charge >= 0.3 is 0 Å². The number of carbonyl (C=O) groups excluding carboxylic acids is 1. The summed E-state index contributed by atoms with van der Waals surface area (Å²) in [5.74, 6) is 3.26. The van der Waals surface area contributed by atoms with Crippen molar-refractivity contribution >= 4 is 28.4 Å². The van der Waals surface area contributed by atoms with Gasteiger partial charge in [-0.1, -0.05) is 75.8 Å². The zero-order chi connectivity index (χ0) is 27.5. The van der Waals surface area contributed by atoms with Crippen molar-refractivity contribution < 1.29 is 19.0 Å². The van der Waals surface area contributed by atoms with Crippen LogP contribution in [-0.2, 0) is 19.0 Å². The molecule has 0 aromatic carbocycles. The molecule has 0 N–H and O–H groups in total. The summed E-state index contributed by atoms with van der Waals surface area (Å²) in [4.78, 5) is 12.0. The highest BCUT2D eigenvalue weighted by atomic mass is 127. The molecule has 38 heavy (non-hydrogen) atoms. The Morgan fingerprint density at radius 2 is 1.79 bits per heavy atom. The minimum Gasteiger partial charge on any atom is -0.367 e. The van der Waals surface area contributed by atoms with Crippen molar-refractivity contribution in [2.75, 3.05) is 17.6 Å². The predicted octanol–water partition coefficient (Wildman–Crippen LogP) is 8.08. The average Bonchev–Trinajstić information content (AvgIpc) is 3.54. The molecule has 0 aromatic rings. The van der Waals surface area contributed by atoms with Gasteiger partial charge in [0.2, 0.25) is 0 Å². The van der Waals surface area contributed by atoms with Gasteiger partial charge in [-0.15, -0.1) is 0 Å². The Bertz CT molecular complexity index is 968. The van der Waals surface area contributed by atoms with Gasteiger partial charge < -0.3 is 14.2 Å². The molecule has 9 atom stereocenters. The summed E-state index contributed by atoms with van der Waals surface area (Å²) < 4.78 is 19.7. The second-order valence-corrected chi connectivity index (χ2v) is 15.4. The largest absolute Gasteiger partial charge is 0.367 e. The lowest BCUT2D eigenvalue weighted by Crippen LogP contribution is -2.58. The lowest BCUT2D eigenvalue weighted by Gasteiger charge is -2.63. The van der Waals surface area contributed by atoms with Gasteiger partial charge in [0.15, 0.2) is 11.6 Å². The molecule has 0 radical (unpaired) electrons. The number of fused-ring (bicyclic) bond motifs is 4. The predicted molar refractivity (Wildman–Crippen MR) is 161 cm³/mol. The van der Waals surface area contributed by atoms with Crippen LogP contribution in [0.15, 0.2) is 23.8 Å². The Kier molecular flexibility index (Phi) is 8.12. The highest BCUT2D eigenvalue weighted by Crippen LogP contribution is 2.68. The standard InChI is InChI=1S/C18H26O3.C15H25IO/c1-12-8-13-9-14(19)10-15(13)16(2)4-5-18(11-17(12,16)3)20-6-7-21-18;1-10(2)15(7-8-16)12(4)13-6-5-11(3)9-14(13)17-15/h9,12,15H,4-8,10-11H2,1-3H3;11-14H,1,5-9H2,2-4H3/t12-,15-,16+,17+;11-,12-,13+,14-,15+/m01/s1. The van der Waals surface area contributed by atoms with Gasteiger partial charge in [0.25, 0.3) is 0 Å². The van der Waals surface area contributed by atoms with Crippen LogP contribution in [0.2, 0.25) is 0 Å². The number of hydrogen-bond acceptors (Lipinski definition) is 4. The summed E-state index contributed by atoms with van der Waals surface area (Å²) in [7, 11) is 0. The number of rotatable bonds is 3. The summed E-state index contributed by atoms with van der Waals surface area (Å²) in [6, 6.07) is 0. The maximum Gasteiger partial charge on any atom is 0.169 e. The van der Waals surface area contributed by atoms with E-state index in [1.807, 2.05) is 6.08 Å². The second-order valence-electron chi connectivity index (χ2n) is 14.3. The van der Waals surface area contributed by atoms with Crippen molar-refractivity contribution in [2.24, 2.45) is 40.4 Å². The molecule has 2 saturated heterocycles. The van der Waals surface area contributed by atoms with Crippen LogP contribution in [0.1, 0.15) is 99.3 Å². The Labute approximate surface area is 245 Å². The minimum atomic E-state index is -0.341. The van der Waals surface area contributed by atoms with E-state index in [4.69, 9.17) is 14.2 Å². The van der Waals surface area contributed by atoms with Crippen LogP contribution in [0.5, 0.6) is 0 Å². The summed E-state index contributed by atoms with van der Waals surface area (Å²) in [5.41, 5.74) is 3.01. The smallest absolute Gasteiger partial charge is 0.169 e. The van der Waals surface area contributed by atoms with Crippen LogP contribution in [0.4, 0.5) is 0 Å². The molecule has 214 valence electrons. The van der Waals surface area contributed by atoms with E-state index in [-0.39, 0.29) is 22.2 Å². The van der Waals surface area contributed by atoms with Gasteiger partial charge in [0.05, 0.1) is 24.9 Å². The van der Waals surface area contributed by atoms with E-state index >= 15 is 0 Å². The van der Waals surface area contributed by atoms with Gasteiger partial charge in [0, 0.05) is 23.7 Å². The van der Waals surface area contributed by atoms with Crippen LogP contribution < -0.4 is 0 Å². The van der Waals surface area contributed by atoms with Crippen LogP contribution in [-0.4, -0.2) is 40.9 Å². The lowest BCUT2D eigenvalue weighted by molar-refractivity contribution is -0.248. The van der Waals surface area contributed by atoms with Crippen LogP contribution in [0.3, 0.4) is 0 Å². The molecule has 0 amide bonds. The number of ketones is 1. The molecule has 6 rings (SSSR count). The van der Waals surface area contributed by atoms with Crippen LogP contribution in [0.25, 0.3) is 0 Å². The van der Waals surface area contributed by atoms with Gasteiger partial charge in [-0.2, -0.15) is 0 Å². The van der Waals surface area contributed by atoms with E-state index in [9.17, 15) is 4.79 Å². The molecule has 6 aliphatic rings. The molecule has 3 saturated carbocycles. The Morgan fingerprint density at radius 3 is 2.45 bits per heavy atom. The third kappa shape index (κ3) is 4.61. The number of halogens is 1. The number of allylic oxidation sites excluding steroid dienone is 2. The Hall–Kier alpha value is -0.240. The number of ether oxygens (including phenoxy) is 3. The van der Waals surface area contributed by atoms with Gasteiger partial charge in [-0.3, -0.25) is 4.79 Å². The van der Waals surface area contributed by atoms with Crippen LogP contribution in [0, 0.1) is 40.4 Å². The van der Waals surface area contributed by atoms with Crippen LogP contribution >= 0.6 is 22.6 Å². The first-order valence-corrected chi connectivity index (χ1v) is 16.8. The molecule has 5 fully saturated rings. The molecule has 0 bridgehead atoms. The topological polar surface area (TPSA) is 44.8 Å². The Morgan fingerprint density at radius 1 is 1.08 bits per heavy atom. The van der Waals surface area contributed by atoms with Crippen molar-refractivity contribution in [3.8, 4) is 0 Å². The molecule has 4 aliphatic carbocycles. The molecule has 0 aromatic heterocycles. The van der Waals surface area contributed by atoms with Crippen molar-refractivity contribution in [2.45, 2.75) is 117 Å². The van der Waals surface area contributed by atoms with E-state index in [1.54, 1.807) is 0 Å². The lowest BCUT2D eigenvalue weighted by atomic mass is 9.43. The highest BCUT2D eigenvalue weighted by molar-refractivity contribution is 14.1. The van der Waals surface area contributed by atoms with Gasteiger partial charge in [-0.05, 0) is 91.1 Å². The van der Waals surface area contributed by atoms with Crippen molar-refractivity contribution in [1.82, 2.24) is 0 Å². The van der Waals surface area contributed by atoms with E-state index in [0.29, 0.717) is 29.6 Å². The molecule has 1 spiro atoms. The highest BCUT2D eigenvalue weighted by Gasteiger charge is 2.64. The first-order valence-electron chi connectivity index (χ1n) is 15.3. The van der Waals surface area contributed by atoms with E-state index in [2.05, 4.69) is 70.7 Å². The third-order valence-electron chi connectivity index (χ3n) is 12.4. The molecule has 4 nitrogen and oxygen atoms in total. The quantitative estimate of drug-likeness (QED) is 0.178. The fraction of sp³-hybridized carbons (Fsp3) is 0.848. The Balaban J connectivity index is 0.000000159. The monoisotopic (exact) mass is 638 g/mol. The molecular formula is C33H51IO4. The molecule has 2 aliphatic heterocycles. The zero-order valence-electron chi connectivity index (χ0n) is 24.7. The first-order chi connectivity index (χ1) is 17.9. The zero-order valence-corrected chi connectivity index (χ0v) is 26.9. The number of carbonyl (C=O) groups is 1. The maximum atomic E-state index is 12.0. The first kappa shape index (κ1) is 29.3. The SMILES string of the molecule is C=C(C)[C@]1(CCI)O[C@@H]2C[C@H](C)CC[C@H]2[C@H]1C.C[C@H]1CC2=CC(=O)C[C@@H]2[C@@]2(C)CCC3(C[C@]12C)OCCO3. The summed E-state index contributed by atoms with van der Waals surface area (Å²) >= 11 is 2.47. The molecule has 5 heteroatoms. The normalized spacial score (nSPS) is 47.0. The maximum absolute atomic E-state index is 12.0. The fourth-order valence-corrected chi connectivity index (χ4v) is 10.5. The molecule has 0 unspecified atom stereocenters. The third-order valence-corrected chi connectivity index (χ3v) is 13.0. The van der Waals surface area contributed by atoms with Crippen molar-refractivity contribution in [3.63, 3.8) is 0 Å². The average molecular weight is 639 g/mol. The summed E-state index contributed by atoms with van der Waals surface area (Å²) in [6.07, 6.45) is 12.4. The second kappa shape index (κ2) is 10.5. The molecule has 2 heterocycles. The van der Waals surface area contributed by atoms with E-state index in [1.165, 1.54) is 30.4 Å². The summed E-state index contributed by atoms with van der Waals surface area (Å²) in [5, 5.41) is 0. The van der Waals surface area contributed by atoms with Gasteiger partial charge in [0.1, 0.15) is 0 Å². The van der Waals surface area contributed by atoms with Crippen molar-refractivity contribution in [3.05, 3.63) is 23.8 Å². The number of hydrogen-bond donors (Lipinski definition) is 0. The molecular weight excluding hydrogens is 587 g/mol. The van der Waals surface area contributed by atoms with Gasteiger partial charge in [-0.25, -0.2) is 0 Å². The van der Waals surface area contributed by atoms with E-state index < -0.39 is 0 Å². The van der Waals surface area contributed by atoms with E-state index in [0.717, 1.165) is 68.0 Å².